The zero-order valence-corrected chi connectivity index (χ0v) is 11.5. The van der Waals surface area contributed by atoms with Gasteiger partial charge in [0.25, 0.3) is 0 Å². The number of hydrogen-bond donors (Lipinski definition) is 2. The zero-order chi connectivity index (χ0) is 15.8. The van der Waals surface area contributed by atoms with Gasteiger partial charge in [0, 0.05) is 13.0 Å². The first kappa shape index (κ1) is 15.2. The summed E-state index contributed by atoms with van der Waals surface area (Å²) in [6, 6.07) is 3.67. The van der Waals surface area contributed by atoms with Crippen LogP contribution >= 0.6 is 0 Å². The number of aliphatic carboxylic acids is 1. The van der Waals surface area contributed by atoms with Crippen LogP contribution in [0.1, 0.15) is 18.0 Å². The predicted molar refractivity (Wildman–Crippen MR) is 68.6 cm³/mol. The normalized spacial score (nSPS) is 20.5. The molecule has 21 heavy (non-hydrogen) atoms. The quantitative estimate of drug-likeness (QED) is 0.778. The lowest BCUT2D eigenvalue weighted by Crippen LogP contribution is -2.36. The van der Waals surface area contributed by atoms with Crippen molar-refractivity contribution in [3.05, 3.63) is 29.8 Å². The first-order valence-electron chi connectivity index (χ1n) is 5.95. The SMILES string of the molecule is O=C(O)[C@@H](c1ccc(O)cc1)N1CC(S(=O)(=O)F)CC1=O. The molecule has 0 bridgehead atoms. The second-order valence-electron chi connectivity index (χ2n) is 4.68. The highest BCUT2D eigenvalue weighted by molar-refractivity contribution is 7.87. The van der Waals surface area contributed by atoms with Crippen molar-refractivity contribution in [3.63, 3.8) is 0 Å². The number of aromatic hydroxyl groups is 1. The highest BCUT2D eigenvalue weighted by Gasteiger charge is 2.43. The standard InChI is InChI=1S/C12H12FNO6S/c13-21(19,20)9-5-10(16)14(6-9)11(12(17)18)7-1-3-8(15)4-2-7/h1-4,9,11,15H,5-6H2,(H,17,18)/t9?,11-/m1/s1. The van der Waals surface area contributed by atoms with Gasteiger partial charge >= 0.3 is 16.2 Å². The Morgan fingerprint density at radius 3 is 2.33 bits per heavy atom. The Morgan fingerprint density at radius 2 is 1.90 bits per heavy atom. The van der Waals surface area contributed by atoms with E-state index in [-0.39, 0.29) is 11.3 Å². The Morgan fingerprint density at radius 1 is 1.33 bits per heavy atom. The van der Waals surface area contributed by atoms with E-state index in [9.17, 15) is 32.1 Å². The van der Waals surface area contributed by atoms with Gasteiger partial charge in [0.1, 0.15) is 11.0 Å². The summed E-state index contributed by atoms with van der Waals surface area (Å²) < 4.78 is 34.7. The number of hydrogen-bond acceptors (Lipinski definition) is 5. The van der Waals surface area contributed by atoms with Gasteiger partial charge in [-0.25, -0.2) is 4.79 Å². The third kappa shape index (κ3) is 3.13. The Hall–Kier alpha value is -2.16. The summed E-state index contributed by atoms with van der Waals surface area (Å²) in [5.41, 5.74) is 0.186. The van der Waals surface area contributed by atoms with Crippen LogP contribution < -0.4 is 0 Å². The van der Waals surface area contributed by atoms with Crippen molar-refractivity contribution in [1.29, 1.82) is 0 Å². The van der Waals surface area contributed by atoms with Gasteiger partial charge in [0.2, 0.25) is 5.91 Å². The van der Waals surface area contributed by atoms with Crippen LogP contribution in [0, 0.1) is 0 Å². The van der Waals surface area contributed by atoms with Gasteiger partial charge in [-0.15, -0.1) is 3.89 Å². The number of halogens is 1. The van der Waals surface area contributed by atoms with Crippen LogP contribution in [0.25, 0.3) is 0 Å². The summed E-state index contributed by atoms with van der Waals surface area (Å²) in [5.74, 6) is -2.20. The number of phenols is 1. The van der Waals surface area contributed by atoms with E-state index in [0.717, 1.165) is 4.90 Å². The maximum atomic E-state index is 13.0. The van der Waals surface area contributed by atoms with Gasteiger partial charge in [-0.1, -0.05) is 12.1 Å². The Balaban J connectivity index is 2.34. The second kappa shape index (κ2) is 5.32. The summed E-state index contributed by atoms with van der Waals surface area (Å²) in [6.45, 7) is -0.518. The minimum Gasteiger partial charge on any atom is -0.508 e. The van der Waals surface area contributed by atoms with Crippen molar-refractivity contribution >= 4 is 22.1 Å². The van der Waals surface area contributed by atoms with Gasteiger partial charge in [0.15, 0.2) is 6.04 Å². The Bertz CT molecular complexity index is 671. The fourth-order valence-electron chi connectivity index (χ4n) is 2.25. The Kier molecular flexibility index (Phi) is 3.86. The predicted octanol–water partition coefficient (Wildman–Crippen LogP) is 0.418. The zero-order valence-electron chi connectivity index (χ0n) is 10.6. The van der Waals surface area contributed by atoms with Crippen LogP contribution in [0.4, 0.5) is 3.89 Å². The first-order chi connectivity index (χ1) is 9.70. The Labute approximate surface area is 119 Å². The summed E-state index contributed by atoms with van der Waals surface area (Å²) in [7, 11) is -4.91. The van der Waals surface area contributed by atoms with E-state index in [4.69, 9.17) is 0 Å². The molecule has 1 fully saturated rings. The van der Waals surface area contributed by atoms with Crippen LogP contribution in [0.2, 0.25) is 0 Å². The summed E-state index contributed by atoms with van der Waals surface area (Å²) >= 11 is 0. The molecule has 114 valence electrons. The summed E-state index contributed by atoms with van der Waals surface area (Å²) in [4.78, 5) is 24.0. The summed E-state index contributed by atoms with van der Waals surface area (Å²) in [6.07, 6.45) is -0.583. The second-order valence-corrected chi connectivity index (χ2v) is 6.30. The molecule has 0 saturated carbocycles. The van der Waals surface area contributed by atoms with E-state index >= 15 is 0 Å². The van der Waals surface area contributed by atoms with E-state index in [2.05, 4.69) is 0 Å². The lowest BCUT2D eigenvalue weighted by atomic mass is 10.1. The number of carbonyl (C=O) groups is 2. The number of nitrogens with zero attached hydrogens (tertiary/aromatic N) is 1. The minimum absolute atomic E-state index is 0.0835. The average molecular weight is 317 g/mol. The molecule has 2 atom stereocenters. The van der Waals surface area contributed by atoms with Crippen molar-refractivity contribution in [3.8, 4) is 5.75 Å². The monoisotopic (exact) mass is 317 g/mol. The molecule has 1 aromatic rings. The highest BCUT2D eigenvalue weighted by Crippen LogP contribution is 2.30. The van der Waals surface area contributed by atoms with Gasteiger partial charge in [-0.3, -0.25) is 4.79 Å². The number of rotatable bonds is 4. The molecule has 1 heterocycles. The van der Waals surface area contributed by atoms with E-state index < -0.39 is 46.4 Å². The van der Waals surface area contributed by atoms with Crippen molar-refractivity contribution in [2.45, 2.75) is 17.7 Å². The molecule has 0 aliphatic carbocycles. The topological polar surface area (TPSA) is 112 Å². The summed E-state index contributed by atoms with van der Waals surface area (Å²) in [5, 5.41) is 16.9. The minimum atomic E-state index is -4.91. The number of benzene rings is 1. The number of carbonyl (C=O) groups excluding carboxylic acids is 1. The van der Waals surface area contributed by atoms with Gasteiger partial charge in [0.05, 0.1) is 0 Å². The van der Waals surface area contributed by atoms with Crippen molar-refractivity contribution < 1.29 is 32.1 Å². The number of carboxylic acids is 1. The third-order valence-electron chi connectivity index (χ3n) is 3.28. The molecular formula is C12H12FNO6S. The van der Waals surface area contributed by atoms with Crippen molar-refractivity contribution in [2.24, 2.45) is 0 Å². The molecule has 1 unspecified atom stereocenters. The third-order valence-corrected chi connectivity index (χ3v) is 4.39. The highest BCUT2D eigenvalue weighted by atomic mass is 32.3. The fourth-order valence-corrected chi connectivity index (χ4v) is 2.93. The molecule has 1 aliphatic heterocycles. The van der Waals surface area contributed by atoms with Crippen LogP contribution in [-0.4, -0.2) is 47.2 Å². The molecule has 0 spiro atoms. The molecule has 2 N–H and O–H groups in total. The number of carboxylic acid groups (broad SMARTS) is 1. The molecule has 7 nitrogen and oxygen atoms in total. The smallest absolute Gasteiger partial charge is 0.331 e. The van der Waals surface area contributed by atoms with E-state index in [0.29, 0.717) is 0 Å². The molecular weight excluding hydrogens is 305 g/mol. The maximum Gasteiger partial charge on any atom is 0.331 e. The number of amides is 1. The van der Waals surface area contributed by atoms with Crippen molar-refractivity contribution in [2.75, 3.05) is 6.54 Å². The maximum absolute atomic E-state index is 13.0. The largest absolute Gasteiger partial charge is 0.508 e. The molecule has 1 saturated heterocycles. The van der Waals surface area contributed by atoms with Crippen molar-refractivity contribution in [1.82, 2.24) is 4.90 Å². The molecule has 9 heteroatoms. The molecule has 0 aromatic heterocycles. The van der Waals surface area contributed by atoms with Crippen LogP contribution in [-0.2, 0) is 19.8 Å². The molecule has 1 aromatic carbocycles. The number of likely N-dealkylation sites (tertiary alicyclic amines) is 1. The molecule has 0 radical (unpaired) electrons. The first-order valence-corrected chi connectivity index (χ1v) is 7.39. The fraction of sp³-hybridized carbons (Fsp3) is 0.333. The van der Waals surface area contributed by atoms with Gasteiger partial charge < -0.3 is 15.1 Å². The molecule has 1 aliphatic rings. The van der Waals surface area contributed by atoms with E-state index in [1.54, 1.807) is 0 Å². The molecule has 2 rings (SSSR count). The van der Waals surface area contributed by atoms with Crippen LogP contribution in [0.3, 0.4) is 0 Å². The lowest BCUT2D eigenvalue weighted by Gasteiger charge is -2.24. The van der Waals surface area contributed by atoms with Gasteiger partial charge in [-0.05, 0) is 17.7 Å². The van der Waals surface area contributed by atoms with E-state index in [1.165, 1.54) is 24.3 Å². The van der Waals surface area contributed by atoms with Gasteiger partial charge in [-0.2, -0.15) is 8.42 Å². The molecule has 1 amide bonds. The van der Waals surface area contributed by atoms with Crippen LogP contribution in [0.15, 0.2) is 24.3 Å². The average Bonchev–Trinajstić information content (AvgIpc) is 2.74. The van der Waals surface area contributed by atoms with E-state index in [1.807, 2.05) is 0 Å². The lowest BCUT2D eigenvalue weighted by molar-refractivity contribution is -0.148. The number of phenolic OH excluding ortho intramolecular Hbond substituents is 1. The van der Waals surface area contributed by atoms with Crippen LogP contribution in [0.5, 0.6) is 5.75 Å².